The van der Waals surface area contributed by atoms with Gasteiger partial charge in [0.2, 0.25) is 5.96 Å². The molecule has 0 aromatic heterocycles. The Balaban J connectivity index is 1.71. The number of rotatable bonds is 2. The molecule has 0 saturated carbocycles. The summed E-state index contributed by atoms with van der Waals surface area (Å²) in [6, 6.07) is 18.4. The van der Waals surface area contributed by atoms with Gasteiger partial charge in [-0.05, 0) is 59.7 Å². The SMILES string of the molecule is CN(C(=N)N(C)c1ccc2c3c(cccc13)CC2)c1ccc(Cl)cc1. The van der Waals surface area contributed by atoms with Crippen LogP contribution in [0.4, 0.5) is 11.4 Å². The zero-order valence-electron chi connectivity index (χ0n) is 14.4. The van der Waals surface area contributed by atoms with Crippen LogP contribution in [0.1, 0.15) is 11.1 Å². The van der Waals surface area contributed by atoms with Crippen molar-refractivity contribution in [1.82, 2.24) is 0 Å². The fourth-order valence-electron chi connectivity index (χ4n) is 3.65. The second-order valence-corrected chi connectivity index (χ2v) is 6.94. The Hall–Kier alpha value is -2.52. The summed E-state index contributed by atoms with van der Waals surface area (Å²) < 4.78 is 0. The van der Waals surface area contributed by atoms with Crippen molar-refractivity contribution in [2.24, 2.45) is 0 Å². The van der Waals surface area contributed by atoms with E-state index in [1.54, 1.807) is 0 Å². The Morgan fingerprint density at radius 2 is 1.56 bits per heavy atom. The first kappa shape index (κ1) is 16.0. The molecule has 4 rings (SSSR count). The van der Waals surface area contributed by atoms with E-state index in [4.69, 9.17) is 17.0 Å². The van der Waals surface area contributed by atoms with Crippen LogP contribution in [0, 0.1) is 5.41 Å². The highest BCUT2D eigenvalue weighted by molar-refractivity contribution is 6.30. The standard InChI is InChI=1S/C21H20ClN3/c1-24(17-11-9-16(22)10-12-17)21(23)25(2)19-13-8-15-7-6-14-4-3-5-18(19)20(14)15/h3-5,8-13,23H,6-7H2,1-2H3. The number of guanidine groups is 1. The summed E-state index contributed by atoms with van der Waals surface area (Å²) in [4.78, 5) is 3.80. The molecule has 1 aliphatic rings. The average Bonchev–Trinajstić information content (AvgIpc) is 3.06. The molecule has 4 heteroatoms. The van der Waals surface area contributed by atoms with Gasteiger partial charge in [-0.2, -0.15) is 0 Å². The molecule has 0 unspecified atom stereocenters. The summed E-state index contributed by atoms with van der Waals surface area (Å²) in [5, 5.41) is 11.9. The predicted octanol–water partition coefficient (Wildman–Crippen LogP) is 5.10. The van der Waals surface area contributed by atoms with Crippen LogP contribution in [0.3, 0.4) is 0 Å². The highest BCUT2D eigenvalue weighted by Crippen LogP contribution is 2.36. The van der Waals surface area contributed by atoms with E-state index in [9.17, 15) is 0 Å². The first-order valence-electron chi connectivity index (χ1n) is 8.41. The van der Waals surface area contributed by atoms with Crippen molar-refractivity contribution < 1.29 is 0 Å². The van der Waals surface area contributed by atoms with E-state index in [1.807, 2.05) is 48.2 Å². The molecule has 0 radical (unpaired) electrons. The first-order chi connectivity index (χ1) is 12.1. The summed E-state index contributed by atoms with van der Waals surface area (Å²) in [5.41, 5.74) is 4.83. The van der Waals surface area contributed by atoms with Crippen LogP contribution in [0.5, 0.6) is 0 Å². The molecule has 126 valence electrons. The van der Waals surface area contributed by atoms with Crippen LogP contribution < -0.4 is 9.80 Å². The minimum Gasteiger partial charge on any atom is -0.316 e. The first-order valence-corrected chi connectivity index (χ1v) is 8.79. The number of halogens is 1. The van der Waals surface area contributed by atoms with Crippen molar-refractivity contribution in [3.05, 3.63) is 70.7 Å². The largest absolute Gasteiger partial charge is 0.316 e. The smallest absolute Gasteiger partial charge is 0.202 e. The minimum atomic E-state index is 0.418. The Morgan fingerprint density at radius 3 is 2.28 bits per heavy atom. The molecule has 0 fully saturated rings. The summed E-state index contributed by atoms with van der Waals surface area (Å²) in [6.45, 7) is 0. The van der Waals surface area contributed by atoms with Crippen LogP contribution in [0.15, 0.2) is 54.6 Å². The number of hydrogen-bond acceptors (Lipinski definition) is 1. The number of nitrogens with one attached hydrogen (secondary N) is 1. The average molecular weight is 350 g/mol. The molecule has 0 heterocycles. The zero-order chi connectivity index (χ0) is 17.6. The van der Waals surface area contributed by atoms with E-state index in [0.29, 0.717) is 11.0 Å². The third-order valence-corrected chi connectivity index (χ3v) is 5.32. The van der Waals surface area contributed by atoms with Crippen LogP contribution in [0.2, 0.25) is 5.02 Å². The van der Waals surface area contributed by atoms with Gasteiger partial charge in [0.25, 0.3) is 0 Å². The van der Waals surface area contributed by atoms with Gasteiger partial charge in [0.1, 0.15) is 0 Å². The fourth-order valence-corrected chi connectivity index (χ4v) is 3.78. The highest BCUT2D eigenvalue weighted by Gasteiger charge is 2.20. The number of anilines is 2. The maximum absolute atomic E-state index is 8.65. The predicted molar refractivity (Wildman–Crippen MR) is 107 cm³/mol. The maximum atomic E-state index is 8.65. The topological polar surface area (TPSA) is 30.3 Å². The van der Waals surface area contributed by atoms with E-state index >= 15 is 0 Å². The zero-order valence-corrected chi connectivity index (χ0v) is 15.1. The molecular formula is C21H20ClN3. The van der Waals surface area contributed by atoms with Gasteiger partial charge < -0.3 is 9.80 Å². The lowest BCUT2D eigenvalue weighted by Gasteiger charge is -2.29. The normalized spacial score (nSPS) is 12.4. The molecule has 3 aromatic rings. The molecule has 0 bridgehead atoms. The molecule has 0 spiro atoms. The fraction of sp³-hybridized carbons (Fsp3) is 0.190. The van der Waals surface area contributed by atoms with Crippen molar-refractivity contribution >= 4 is 39.7 Å². The molecule has 1 N–H and O–H groups in total. The molecule has 3 nitrogen and oxygen atoms in total. The van der Waals surface area contributed by atoms with Crippen molar-refractivity contribution in [3.63, 3.8) is 0 Å². The minimum absolute atomic E-state index is 0.418. The Labute approximate surface area is 152 Å². The van der Waals surface area contributed by atoms with Gasteiger partial charge in [0.05, 0.1) is 5.69 Å². The van der Waals surface area contributed by atoms with Crippen LogP contribution in [0.25, 0.3) is 10.8 Å². The number of hydrogen-bond donors (Lipinski definition) is 1. The Morgan fingerprint density at radius 1 is 0.880 bits per heavy atom. The van der Waals surface area contributed by atoms with Crippen molar-refractivity contribution in [2.45, 2.75) is 12.8 Å². The van der Waals surface area contributed by atoms with Crippen LogP contribution >= 0.6 is 11.6 Å². The summed E-state index contributed by atoms with van der Waals surface area (Å²) in [6.07, 6.45) is 2.23. The van der Waals surface area contributed by atoms with E-state index in [1.165, 1.54) is 21.9 Å². The van der Waals surface area contributed by atoms with Gasteiger partial charge in [-0.1, -0.05) is 35.9 Å². The maximum Gasteiger partial charge on any atom is 0.202 e. The van der Waals surface area contributed by atoms with Crippen molar-refractivity contribution in [3.8, 4) is 0 Å². The van der Waals surface area contributed by atoms with Crippen molar-refractivity contribution in [1.29, 1.82) is 5.41 Å². The highest BCUT2D eigenvalue weighted by atomic mass is 35.5. The molecule has 0 saturated heterocycles. The molecule has 0 atom stereocenters. The van der Waals surface area contributed by atoms with Crippen LogP contribution in [-0.2, 0) is 12.8 Å². The molecule has 1 aliphatic carbocycles. The number of aryl methyl sites for hydroxylation is 2. The van der Waals surface area contributed by atoms with Gasteiger partial charge >= 0.3 is 0 Å². The second kappa shape index (κ2) is 6.08. The van der Waals surface area contributed by atoms with E-state index in [0.717, 1.165) is 24.2 Å². The lowest BCUT2D eigenvalue weighted by molar-refractivity contribution is 1.02. The summed E-state index contributed by atoms with van der Waals surface area (Å²) in [7, 11) is 3.86. The monoisotopic (exact) mass is 349 g/mol. The Bertz CT molecular complexity index is 953. The molecule has 0 amide bonds. The Kier molecular flexibility index (Phi) is 3.89. The second-order valence-electron chi connectivity index (χ2n) is 6.50. The third-order valence-electron chi connectivity index (χ3n) is 5.06. The third kappa shape index (κ3) is 2.65. The lowest BCUT2D eigenvalue weighted by atomic mass is 10.0. The lowest BCUT2D eigenvalue weighted by Crippen LogP contribution is -2.39. The van der Waals surface area contributed by atoms with E-state index in [-0.39, 0.29) is 0 Å². The van der Waals surface area contributed by atoms with Gasteiger partial charge in [-0.25, -0.2) is 0 Å². The van der Waals surface area contributed by atoms with E-state index < -0.39 is 0 Å². The molecular weight excluding hydrogens is 330 g/mol. The van der Waals surface area contributed by atoms with Crippen LogP contribution in [-0.4, -0.2) is 20.1 Å². The molecule has 3 aromatic carbocycles. The van der Waals surface area contributed by atoms with Gasteiger partial charge in [-0.3, -0.25) is 5.41 Å². The van der Waals surface area contributed by atoms with E-state index in [2.05, 4.69) is 30.3 Å². The quantitative estimate of drug-likeness (QED) is 0.515. The van der Waals surface area contributed by atoms with Gasteiger partial charge in [0, 0.05) is 30.2 Å². The summed E-state index contributed by atoms with van der Waals surface area (Å²) in [5.74, 6) is 0.418. The summed E-state index contributed by atoms with van der Waals surface area (Å²) >= 11 is 5.97. The number of benzene rings is 3. The molecule has 0 aliphatic heterocycles. The van der Waals surface area contributed by atoms with Crippen molar-refractivity contribution in [2.75, 3.05) is 23.9 Å². The number of nitrogens with zero attached hydrogens (tertiary/aromatic N) is 2. The molecule has 25 heavy (non-hydrogen) atoms. The van der Waals surface area contributed by atoms with Gasteiger partial charge in [0.15, 0.2) is 0 Å². The van der Waals surface area contributed by atoms with Gasteiger partial charge in [-0.15, -0.1) is 0 Å².